The number of piperidine rings is 1. The average Bonchev–Trinajstić information content (AvgIpc) is 3.20. The van der Waals surface area contributed by atoms with Gasteiger partial charge in [-0.1, -0.05) is 0 Å². The van der Waals surface area contributed by atoms with E-state index < -0.39 is 0 Å². The Hall–Kier alpha value is 0.170. The fourth-order valence-corrected chi connectivity index (χ4v) is 3.39. The van der Waals surface area contributed by atoms with Gasteiger partial charge in [0.1, 0.15) is 0 Å². The van der Waals surface area contributed by atoms with Crippen LogP contribution in [0.25, 0.3) is 0 Å². The number of ether oxygens (including phenoxy) is 2. The quantitative estimate of drug-likeness (QED) is 0.790. The molecular formula is C15H28ClNO2. The van der Waals surface area contributed by atoms with Crippen molar-refractivity contribution in [1.82, 2.24) is 5.32 Å². The summed E-state index contributed by atoms with van der Waals surface area (Å²) in [5.74, 6) is 1.73. The summed E-state index contributed by atoms with van der Waals surface area (Å²) >= 11 is 0. The maximum Gasteiger partial charge on any atom is 0.0709 e. The molecule has 4 heteroatoms. The molecule has 2 saturated heterocycles. The van der Waals surface area contributed by atoms with Gasteiger partial charge in [0.25, 0.3) is 0 Å². The summed E-state index contributed by atoms with van der Waals surface area (Å²) in [6.07, 6.45) is 8.94. The van der Waals surface area contributed by atoms with Gasteiger partial charge >= 0.3 is 0 Å². The number of nitrogens with one attached hydrogen (secondary N) is 1. The normalized spacial score (nSPS) is 30.0. The molecule has 1 N–H and O–H groups in total. The van der Waals surface area contributed by atoms with Crippen molar-refractivity contribution in [2.45, 2.75) is 50.5 Å². The third-order valence-corrected chi connectivity index (χ3v) is 4.83. The van der Waals surface area contributed by atoms with Gasteiger partial charge in [-0.25, -0.2) is 0 Å². The van der Waals surface area contributed by atoms with Gasteiger partial charge in [-0.2, -0.15) is 0 Å². The predicted octanol–water partition coefficient (Wildman–Crippen LogP) is 2.77. The van der Waals surface area contributed by atoms with Crippen LogP contribution in [0.2, 0.25) is 0 Å². The van der Waals surface area contributed by atoms with E-state index in [0.717, 1.165) is 44.7 Å². The summed E-state index contributed by atoms with van der Waals surface area (Å²) in [7, 11) is 0. The Balaban J connectivity index is 0.00000133. The molecule has 0 radical (unpaired) electrons. The second kappa shape index (κ2) is 7.26. The van der Waals surface area contributed by atoms with Crippen molar-refractivity contribution in [2.75, 3.05) is 32.9 Å². The standard InChI is InChI=1S/C15H27NO2.ClH/c1-2-14(1)12-17-9-3-13-4-10-18-15(11-13)5-7-16-8-6-15;/h13-14,16H,1-12H2;1H. The molecule has 3 aliphatic rings. The molecule has 0 aromatic rings. The highest BCUT2D eigenvalue weighted by Gasteiger charge is 2.38. The molecule has 2 aliphatic heterocycles. The summed E-state index contributed by atoms with van der Waals surface area (Å²) < 4.78 is 11.9. The molecular weight excluding hydrogens is 262 g/mol. The Morgan fingerprint density at radius 2 is 1.89 bits per heavy atom. The van der Waals surface area contributed by atoms with Crippen LogP contribution in [0.15, 0.2) is 0 Å². The Bertz CT molecular complexity index is 259. The lowest BCUT2D eigenvalue weighted by molar-refractivity contribution is -0.116. The zero-order valence-corrected chi connectivity index (χ0v) is 12.7. The molecule has 1 saturated carbocycles. The Morgan fingerprint density at radius 3 is 2.63 bits per heavy atom. The van der Waals surface area contributed by atoms with E-state index >= 15 is 0 Å². The van der Waals surface area contributed by atoms with Crippen LogP contribution in [0.4, 0.5) is 0 Å². The molecule has 1 atom stereocenters. The minimum atomic E-state index is 0. The van der Waals surface area contributed by atoms with E-state index in [9.17, 15) is 0 Å². The third kappa shape index (κ3) is 4.59. The number of hydrogen-bond donors (Lipinski definition) is 1. The van der Waals surface area contributed by atoms with E-state index in [4.69, 9.17) is 9.47 Å². The molecule has 0 aromatic heterocycles. The highest BCUT2D eigenvalue weighted by Crippen LogP contribution is 2.37. The lowest BCUT2D eigenvalue weighted by atomic mass is 9.79. The van der Waals surface area contributed by atoms with Gasteiger partial charge in [0.05, 0.1) is 5.60 Å². The highest BCUT2D eigenvalue weighted by atomic mass is 35.5. The molecule has 3 fully saturated rings. The van der Waals surface area contributed by atoms with Crippen LogP contribution in [0, 0.1) is 11.8 Å². The molecule has 3 nitrogen and oxygen atoms in total. The summed E-state index contributed by atoms with van der Waals surface area (Å²) in [4.78, 5) is 0. The lowest BCUT2D eigenvalue weighted by Crippen LogP contribution is -2.48. The Labute approximate surface area is 123 Å². The minimum absolute atomic E-state index is 0. The second-order valence-corrected chi connectivity index (χ2v) is 6.45. The van der Waals surface area contributed by atoms with Gasteiger partial charge in [-0.3, -0.25) is 0 Å². The second-order valence-electron chi connectivity index (χ2n) is 6.45. The molecule has 1 aliphatic carbocycles. The van der Waals surface area contributed by atoms with E-state index in [1.807, 2.05) is 0 Å². The van der Waals surface area contributed by atoms with E-state index in [-0.39, 0.29) is 18.0 Å². The topological polar surface area (TPSA) is 30.5 Å². The summed E-state index contributed by atoms with van der Waals surface area (Å²) in [6.45, 7) is 5.21. The highest BCUT2D eigenvalue weighted by molar-refractivity contribution is 5.85. The molecule has 0 amide bonds. The fourth-order valence-electron chi connectivity index (χ4n) is 3.39. The van der Waals surface area contributed by atoms with Gasteiger partial charge < -0.3 is 14.8 Å². The summed E-state index contributed by atoms with van der Waals surface area (Å²) in [6, 6.07) is 0. The van der Waals surface area contributed by atoms with Crippen molar-refractivity contribution in [3.05, 3.63) is 0 Å². The van der Waals surface area contributed by atoms with Crippen molar-refractivity contribution < 1.29 is 9.47 Å². The van der Waals surface area contributed by atoms with Crippen LogP contribution in [0.3, 0.4) is 0 Å². The van der Waals surface area contributed by atoms with E-state index in [0.29, 0.717) is 0 Å². The van der Waals surface area contributed by atoms with Crippen LogP contribution in [-0.4, -0.2) is 38.5 Å². The van der Waals surface area contributed by atoms with Crippen LogP contribution in [0.1, 0.15) is 44.9 Å². The Kier molecular flexibility index (Phi) is 5.94. The number of halogens is 1. The van der Waals surface area contributed by atoms with Crippen molar-refractivity contribution in [3.63, 3.8) is 0 Å². The fraction of sp³-hybridized carbons (Fsp3) is 1.00. The van der Waals surface area contributed by atoms with E-state index in [1.54, 1.807) is 0 Å². The average molecular weight is 290 g/mol. The smallest absolute Gasteiger partial charge is 0.0709 e. The van der Waals surface area contributed by atoms with Crippen molar-refractivity contribution in [1.29, 1.82) is 0 Å². The molecule has 0 bridgehead atoms. The van der Waals surface area contributed by atoms with Crippen molar-refractivity contribution >= 4 is 12.4 Å². The van der Waals surface area contributed by atoms with Crippen LogP contribution in [-0.2, 0) is 9.47 Å². The molecule has 2 heterocycles. The van der Waals surface area contributed by atoms with Crippen molar-refractivity contribution in [3.8, 4) is 0 Å². The third-order valence-electron chi connectivity index (χ3n) is 4.83. The molecule has 112 valence electrons. The van der Waals surface area contributed by atoms with Crippen molar-refractivity contribution in [2.24, 2.45) is 11.8 Å². The molecule has 1 spiro atoms. The number of rotatable bonds is 5. The molecule has 19 heavy (non-hydrogen) atoms. The van der Waals surface area contributed by atoms with Crippen LogP contribution >= 0.6 is 12.4 Å². The minimum Gasteiger partial charge on any atom is -0.381 e. The largest absolute Gasteiger partial charge is 0.381 e. The first-order valence-corrected chi connectivity index (χ1v) is 7.79. The SMILES string of the molecule is C1CC2(CCN1)CC(CCOCC1CC1)CCO2.Cl. The van der Waals surface area contributed by atoms with Gasteiger partial charge in [0.15, 0.2) is 0 Å². The summed E-state index contributed by atoms with van der Waals surface area (Å²) in [5, 5.41) is 3.44. The molecule has 1 unspecified atom stereocenters. The first-order valence-electron chi connectivity index (χ1n) is 7.79. The van der Waals surface area contributed by atoms with Gasteiger partial charge in [0, 0.05) is 19.8 Å². The van der Waals surface area contributed by atoms with Crippen LogP contribution < -0.4 is 5.32 Å². The monoisotopic (exact) mass is 289 g/mol. The maximum absolute atomic E-state index is 6.11. The lowest BCUT2D eigenvalue weighted by Gasteiger charge is -2.43. The van der Waals surface area contributed by atoms with Gasteiger partial charge in [-0.15, -0.1) is 12.4 Å². The first-order chi connectivity index (χ1) is 8.86. The van der Waals surface area contributed by atoms with E-state index in [2.05, 4.69) is 5.32 Å². The first kappa shape index (κ1) is 15.6. The van der Waals surface area contributed by atoms with E-state index in [1.165, 1.54) is 44.9 Å². The zero-order chi connectivity index (χ0) is 12.3. The Morgan fingerprint density at radius 1 is 1.11 bits per heavy atom. The zero-order valence-electron chi connectivity index (χ0n) is 11.9. The predicted molar refractivity (Wildman–Crippen MR) is 78.9 cm³/mol. The maximum atomic E-state index is 6.11. The van der Waals surface area contributed by atoms with Gasteiger partial charge in [0.2, 0.25) is 0 Å². The van der Waals surface area contributed by atoms with Gasteiger partial charge in [-0.05, 0) is 69.9 Å². The summed E-state index contributed by atoms with van der Waals surface area (Å²) in [5.41, 5.74) is 0.213. The number of hydrogen-bond acceptors (Lipinski definition) is 3. The molecule has 3 rings (SSSR count). The molecule has 0 aromatic carbocycles. The van der Waals surface area contributed by atoms with Crippen LogP contribution in [0.5, 0.6) is 0 Å².